The van der Waals surface area contributed by atoms with Crippen molar-refractivity contribution < 1.29 is 14.6 Å². The van der Waals surface area contributed by atoms with Gasteiger partial charge in [-0.25, -0.2) is 0 Å². The molecule has 1 aliphatic rings. The van der Waals surface area contributed by atoms with Crippen molar-refractivity contribution in [3.63, 3.8) is 0 Å². The van der Waals surface area contributed by atoms with Gasteiger partial charge in [-0.1, -0.05) is 24.4 Å². The van der Waals surface area contributed by atoms with Crippen LogP contribution in [0.5, 0.6) is 5.75 Å². The number of hydrogen-bond donors (Lipinski definition) is 2. The second-order valence-corrected chi connectivity index (χ2v) is 5.60. The van der Waals surface area contributed by atoms with Crippen molar-refractivity contribution >= 4 is 17.5 Å². The SMILES string of the molecule is COc1cc(Cl)ccc1C(=O)NCC(O)C1CCCC1. The van der Waals surface area contributed by atoms with Crippen molar-refractivity contribution in [3.8, 4) is 5.75 Å². The van der Waals surface area contributed by atoms with Gasteiger partial charge < -0.3 is 15.2 Å². The minimum Gasteiger partial charge on any atom is -0.496 e. The normalized spacial score (nSPS) is 16.9. The summed E-state index contributed by atoms with van der Waals surface area (Å²) in [6.45, 7) is 0.273. The highest BCUT2D eigenvalue weighted by Crippen LogP contribution is 2.27. The predicted molar refractivity (Wildman–Crippen MR) is 78.3 cm³/mol. The van der Waals surface area contributed by atoms with Crippen molar-refractivity contribution in [2.75, 3.05) is 13.7 Å². The first kappa shape index (κ1) is 15.1. The average molecular weight is 298 g/mol. The summed E-state index contributed by atoms with van der Waals surface area (Å²) in [6.07, 6.45) is 3.95. The molecule has 110 valence electrons. The second-order valence-electron chi connectivity index (χ2n) is 5.17. The van der Waals surface area contributed by atoms with Gasteiger partial charge in [-0.05, 0) is 37.0 Å². The Hall–Kier alpha value is -1.26. The van der Waals surface area contributed by atoms with Crippen LogP contribution in [-0.4, -0.2) is 30.8 Å². The highest BCUT2D eigenvalue weighted by atomic mass is 35.5. The quantitative estimate of drug-likeness (QED) is 0.878. The van der Waals surface area contributed by atoms with Gasteiger partial charge in [0.1, 0.15) is 5.75 Å². The summed E-state index contributed by atoms with van der Waals surface area (Å²) in [6, 6.07) is 4.87. The first-order valence-corrected chi connectivity index (χ1v) is 7.29. The molecule has 2 N–H and O–H groups in total. The molecule has 0 spiro atoms. The standard InChI is InChI=1S/C15H20ClNO3/c1-20-14-8-11(16)6-7-12(14)15(19)17-9-13(18)10-4-2-3-5-10/h6-8,10,13,18H,2-5,9H2,1H3,(H,17,19). The van der Waals surface area contributed by atoms with E-state index >= 15 is 0 Å². The van der Waals surface area contributed by atoms with Gasteiger partial charge in [0.05, 0.1) is 18.8 Å². The van der Waals surface area contributed by atoms with Crippen LogP contribution in [-0.2, 0) is 0 Å². The van der Waals surface area contributed by atoms with Gasteiger partial charge in [-0.15, -0.1) is 0 Å². The fraction of sp³-hybridized carbons (Fsp3) is 0.533. The van der Waals surface area contributed by atoms with Gasteiger partial charge >= 0.3 is 0 Å². The van der Waals surface area contributed by atoms with Gasteiger partial charge in [-0.2, -0.15) is 0 Å². The van der Waals surface area contributed by atoms with Crippen molar-refractivity contribution in [1.82, 2.24) is 5.32 Å². The monoisotopic (exact) mass is 297 g/mol. The summed E-state index contributed by atoms with van der Waals surface area (Å²) in [5.74, 6) is 0.489. The van der Waals surface area contributed by atoms with E-state index in [2.05, 4.69) is 5.32 Å². The van der Waals surface area contributed by atoms with Gasteiger partial charge in [0.15, 0.2) is 0 Å². The number of rotatable bonds is 5. The molecule has 0 bridgehead atoms. The lowest BCUT2D eigenvalue weighted by Gasteiger charge is -2.18. The van der Waals surface area contributed by atoms with Crippen LogP contribution in [0.1, 0.15) is 36.0 Å². The first-order chi connectivity index (χ1) is 9.61. The molecule has 0 saturated heterocycles. The molecule has 0 heterocycles. The maximum absolute atomic E-state index is 12.1. The Balaban J connectivity index is 1.94. The molecule has 1 unspecified atom stereocenters. The average Bonchev–Trinajstić information content (AvgIpc) is 2.98. The predicted octanol–water partition coefficient (Wildman–Crippen LogP) is 2.63. The van der Waals surface area contributed by atoms with E-state index in [0.717, 1.165) is 12.8 Å². The van der Waals surface area contributed by atoms with E-state index in [1.54, 1.807) is 18.2 Å². The zero-order chi connectivity index (χ0) is 14.5. The number of halogens is 1. The molecular formula is C15H20ClNO3. The number of methoxy groups -OCH3 is 1. The molecule has 1 aliphatic carbocycles. The van der Waals surface area contributed by atoms with Gasteiger partial charge in [-0.3, -0.25) is 4.79 Å². The first-order valence-electron chi connectivity index (χ1n) is 6.91. The van der Waals surface area contributed by atoms with Gasteiger partial charge in [0.25, 0.3) is 5.91 Å². The Morgan fingerprint density at radius 2 is 2.20 bits per heavy atom. The fourth-order valence-electron chi connectivity index (χ4n) is 2.65. The van der Waals surface area contributed by atoms with Crippen LogP contribution in [0.4, 0.5) is 0 Å². The molecule has 1 aromatic rings. The van der Waals surface area contributed by atoms with E-state index in [0.29, 0.717) is 22.3 Å². The Morgan fingerprint density at radius 3 is 2.85 bits per heavy atom. The Bertz CT molecular complexity index is 472. The van der Waals surface area contributed by atoms with Crippen LogP contribution in [0.2, 0.25) is 5.02 Å². The van der Waals surface area contributed by atoms with Crippen molar-refractivity contribution in [2.24, 2.45) is 5.92 Å². The smallest absolute Gasteiger partial charge is 0.255 e. The molecule has 0 radical (unpaired) electrons. The molecule has 1 aromatic carbocycles. The fourth-order valence-corrected chi connectivity index (χ4v) is 2.82. The highest BCUT2D eigenvalue weighted by Gasteiger charge is 2.24. The lowest BCUT2D eigenvalue weighted by molar-refractivity contribution is 0.0838. The van der Waals surface area contributed by atoms with Crippen LogP contribution < -0.4 is 10.1 Å². The largest absolute Gasteiger partial charge is 0.496 e. The molecule has 0 aliphatic heterocycles. The molecule has 1 fully saturated rings. The number of hydrogen-bond acceptors (Lipinski definition) is 3. The second kappa shape index (κ2) is 6.95. The summed E-state index contributed by atoms with van der Waals surface area (Å²) in [5, 5.41) is 13.3. The number of carbonyl (C=O) groups is 1. The summed E-state index contributed by atoms with van der Waals surface area (Å²) < 4.78 is 5.15. The minimum atomic E-state index is -0.472. The van der Waals surface area contributed by atoms with E-state index in [1.165, 1.54) is 20.0 Å². The molecule has 20 heavy (non-hydrogen) atoms. The number of nitrogens with one attached hydrogen (secondary N) is 1. The van der Waals surface area contributed by atoms with E-state index in [-0.39, 0.29) is 12.5 Å². The zero-order valence-corrected chi connectivity index (χ0v) is 12.3. The van der Waals surface area contributed by atoms with Crippen LogP contribution in [0.15, 0.2) is 18.2 Å². The van der Waals surface area contributed by atoms with Gasteiger partial charge in [0.2, 0.25) is 0 Å². The molecular weight excluding hydrogens is 278 g/mol. The lowest BCUT2D eigenvalue weighted by Crippen LogP contribution is -2.35. The third-order valence-electron chi connectivity index (χ3n) is 3.82. The molecule has 4 nitrogen and oxygen atoms in total. The van der Waals surface area contributed by atoms with Crippen molar-refractivity contribution in [3.05, 3.63) is 28.8 Å². The number of ether oxygens (including phenoxy) is 1. The number of carbonyl (C=O) groups excluding carboxylic acids is 1. The summed E-state index contributed by atoms with van der Waals surface area (Å²) in [7, 11) is 1.50. The molecule has 1 saturated carbocycles. The zero-order valence-electron chi connectivity index (χ0n) is 11.6. The summed E-state index contributed by atoms with van der Waals surface area (Å²) in [5.41, 5.74) is 0.426. The van der Waals surface area contributed by atoms with Crippen LogP contribution in [0.3, 0.4) is 0 Å². The number of benzene rings is 1. The molecule has 0 aromatic heterocycles. The number of amides is 1. The Kier molecular flexibility index (Phi) is 5.26. The Morgan fingerprint density at radius 1 is 1.50 bits per heavy atom. The summed E-state index contributed by atoms with van der Waals surface area (Å²) >= 11 is 5.86. The number of aliphatic hydroxyl groups is 1. The topological polar surface area (TPSA) is 58.6 Å². The van der Waals surface area contributed by atoms with Crippen molar-refractivity contribution in [2.45, 2.75) is 31.8 Å². The maximum atomic E-state index is 12.1. The van der Waals surface area contributed by atoms with E-state index in [1.807, 2.05) is 0 Å². The van der Waals surface area contributed by atoms with E-state index in [9.17, 15) is 9.90 Å². The molecule has 1 atom stereocenters. The minimum absolute atomic E-state index is 0.254. The van der Waals surface area contributed by atoms with Gasteiger partial charge in [0, 0.05) is 11.6 Å². The molecule has 1 amide bonds. The maximum Gasteiger partial charge on any atom is 0.255 e. The third kappa shape index (κ3) is 3.64. The highest BCUT2D eigenvalue weighted by molar-refractivity contribution is 6.30. The van der Waals surface area contributed by atoms with Crippen LogP contribution in [0.25, 0.3) is 0 Å². The lowest BCUT2D eigenvalue weighted by atomic mass is 10.0. The molecule has 5 heteroatoms. The Labute approximate surface area is 124 Å². The van der Waals surface area contributed by atoms with Crippen molar-refractivity contribution in [1.29, 1.82) is 0 Å². The third-order valence-corrected chi connectivity index (χ3v) is 4.06. The number of aliphatic hydroxyl groups excluding tert-OH is 1. The van der Waals surface area contributed by atoms with Crippen LogP contribution in [0, 0.1) is 5.92 Å². The molecule has 2 rings (SSSR count). The summed E-state index contributed by atoms with van der Waals surface area (Å²) in [4.78, 5) is 12.1. The van der Waals surface area contributed by atoms with Crippen LogP contribution >= 0.6 is 11.6 Å². The van der Waals surface area contributed by atoms with E-state index < -0.39 is 6.10 Å². The van der Waals surface area contributed by atoms with E-state index in [4.69, 9.17) is 16.3 Å².